The van der Waals surface area contributed by atoms with Crippen LogP contribution in [0, 0.1) is 12.2 Å². The summed E-state index contributed by atoms with van der Waals surface area (Å²) in [5.41, 5.74) is 0. The molecule has 2 aliphatic rings. The molecular weight excluding hydrogens is 382 g/mol. The molecule has 66 valence electrons. The molecule has 0 aliphatic heterocycles. The minimum absolute atomic E-state index is 0. The molecule has 0 radical (unpaired) electrons. The molecule has 0 aromatic rings. The zero-order valence-electron chi connectivity index (χ0n) is 8.26. The molecule has 2 aliphatic carbocycles. The minimum Gasteiger partial charge on any atom is -1.00 e. The van der Waals surface area contributed by atoms with Gasteiger partial charge in [0.25, 0.3) is 0 Å². The van der Waals surface area contributed by atoms with E-state index in [1.165, 1.54) is 0 Å². The van der Waals surface area contributed by atoms with Crippen molar-refractivity contribution < 1.29 is 70.8 Å². The second kappa shape index (κ2) is 15.7. The van der Waals surface area contributed by atoms with Crippen LogP contribution in [0.4, 0.5) is 0 Å². The van der Waals surface area contributed by atoms with E-state index in [-0.39, 0.29) is 70.8 Å². The van der Waals surface area contributed by atoms with Crippen LogP contribution in [-0.2, 0) is 52.4 Å². The van der Waals surface area contributed by atoms with Crippen molar-refractivity contribution in [2.24, 2.45) is 0 Å². The van der Waals surface area contributed by atoms with Gasteiger partial charge in [0, 0.05) is 0 Å². The van der Waals surface area contributed by atoms with Crippen molar-refractivity contribution in [2.75, 3.05) is 0 Å². The molecule has 3 heteroatoms. The van der Waals surface area contributed by atoms with E-state index in [2.05, 4.69) is 24.3 Å². The minimum atomic E-state index is 0. The van der Waals surface area contributed by atoms with Gasteiger partial charge in [-0.2, -0.15) is 12.2 Å². The molecule has 0 atom stereocenters. The number of allylic oxidation sites excluding steroid dienone is 8. The molecule has 0 heterocycles. The first-order valence-electron chi connectivity index (χ1n) is 3.43. The van der Waals surface area contributed by atoms with Gasteiger partial charge in [0.1, 0.15) is 0 Å². The second-order valence-electron chi connectivity index (χ2n) is 2.01. The van der Waals surface area contributed by atoms with Gasteiger partial charge in [-0.25, -0.2) is 24.3 Å². The predicted octanol–water partition coefficient (Wildman–Crippen LogP) is -0.277. The number of rotatable bonds is 0. The van der Waals surface area contributed by atoms with Crippen molar-refractivity contribution in [1.82, 2.24) is 0 Å². The van der Waals surface area contributed by atoms with E-state index in [0.717, 1.165) is 12.8 Å². The van der Waals surface area contributed by atoms with Gasteiger partial charge >= 0.3 is 52.4 Å². The maximum Gasteiger partial charge on any atom is 2.00 e. The van der Waals surface area contributed by atoms with Crippen LogP contribution in [0.5, 0.6) is 0 Å². The van der Waals surface area contributed by atoms with E-state index in [1.54, 1.807) is 0 Å². The fraction of sp³-hybridized carbons (Fsp3) is 0.200. The molecule has 0 aromatic heterocycles. The summed E-state index contributed by atoms with van der Waals surface area (Å²) in [5.74, 6) is 0. The summed E-state index contributed by atoms with van der Waals surface area (Å²) in [4.78, 5) is 0. The van der Waals surface area contributed by atoms with Crippen LogP contribution in [0.1, 0.15) is 14.3 Å². The van der Waals surface area contributed by atoms with Gasteiger partial charge < -0.3 is 18.4 Å². The first-order chi connectivity index (χ1) is 5.00. The first kappa shape index (κ1) is 19.7. The van der Waals surface area contributed by atoms with Crippen LogP contribution in [-0.4, -0.2) is 0 Å². The third-order valence-corrected chi connectivity index (χ3v) is 1.17. The van der Waals surface area contributed by atoms with Gasteiger partial charge in [-0.05, 0) is 0 Å². The normalized spacial score (nSPS) is 13.5. The summed E-state index contributed by atoms with van der Waals surface area (Å²) < 4.78 is 0. The Labute approximate surface area is 131 Å². The zero-order valence-corrected chi connectivity index (χ0v) is 13.8. The summed E-state index contributed by atoms with van der Waals surface area (Å²) in [5, 5.41) is 0. The van der Waals surface area contributed by atoms with E-state index >= 15 is 0 Å². The number of halogens is 1. The van der Waals surface area contributed by atoms with Crippen LogP contribution in [0.2, 0.25) is 0 Å². The van der Waals surface area contributed by atoms with Crippen molar-refractivity contribution in [3.63, 3.8) is 0 Å². The van der Waals surface area contributed by atoms with Gasteiger partial charge in [-0.3, -0.25) is 12.2 Å². The quantitative estimate of drug-likeness (QED) is 0.497. The standard InChI is InChI=1S/2C5H5.BrH.2Zr.H/c2*1-2-4-5-3-1;;;;/h2*1-3H,4H2;1H;;;/q2*-1;;2*+2;-1/p-1. The third kappa shape index (κ3) is 13.2. The van der Waals surface area contributed by atoms with Crippen LogP contribution >= 0.6 is 0 Å². The van der Waals surface area contributed by atoms with Crippen molar-refractivity contribution >= 4 is 0 Å². The average molecular weight is 394 g/mol. The van der Waals surface area contributed by atoms with E-state index in [4.69, 9.17) is 0 Å². The molecule has 0 bridgehead atoms. The van der Waals surface area contributed by atoms with E-state index in [1.807, 2.05) is 24.3 Å². The molecule has 0 aromatic carbocycles. The predicted molar refractivity (Wildman–Crippen MR) is 44.3 cm³/mol. The smallest absolute Gasteiger partial charge is 1.00 e. The molecule has 0 amide bonds. The van der Waals surface area contributed by atoms with Crippen molar-refractivity contribution in [1.29, 1.82) is 0 Å². The summed E-state index contributed by atoms with van der Waals surface area (Å²) >= 11 is 0. The average Bonchev–Trinajstić information content (AvgIpc) is 2.67. The largest absolute Gasteiger partial charge is 2.00 e. The Bertz CT molecular complexity index is 156. The third-order valence-electron chi connectivity index (χ3n) is 1.17. The molecule has 0 saturated heterocycles. The Hall–Kier alpha value is 1.21. The fourth-order valence-corrected chi connectivity index (χ4v) is 0.680. The Morgan fingerprint density at radius 3 is 1.31 bits per heavy atom. The second-order valence-corrected chi connectivity index (χ2v) is 2.01. The summed E-state index contributed by atoms with van der Waals surface area (Å²) in [6.07, 6.45) is 20.0. The molecular formula is C10H11BrZr2. The van der Waals surface area contributed by atoms with Crippen LogP contribution in [0.15, 0.2) is 36.5 Å². The van der Waals surface area contributed by atoms with Crippen LogP contribution < -0.4 is 17.0 Å². The Kier molecular flexibility index (Phi) is 23.8. The zero-order chi connectivity index (χ0) is 7.07. The van der Waals surface area contributed by atoms with E-state index in [0.29, 0.717) is 0 Å². The monoisotopic (exact) mass is 390 g/mol. The molecule has 0 nitrogen and oxygen atoms in total. The van der Waals surface area contributed by atoms with Gasteiger partial charge in [0.2, 0.25) is 0 Å². The van der Waals surface area contributed by atoms with Crippen LogP contribution in [0.3, 0.4) is 0 Å². The fourth-order valence-electron chi connectivity index (χ4n) is 0.680. The van der Waals surface area contributed by atoms with Gasteiger partial charge in [-0.15, -0.1) is 12.8 Å². The molecule has 0 spiro atoms. The van der Waals surface area contributed by atoms with Gasteiger partial charge in [0.05, 0.1) is 0 Å². The maximum atomic E-state index is 2.99. The Morgan fingerprint density at radius 2 is 1.23 bits per heavy atom. The number of hydrogen-bond acceptors (Lipinski definition) is 0. The Balaban J connectivity index is -0.0000000556. The van der Waals surface area contributed by atoms with E-state index < -0.39 is 0 Å². The molecule has 0 unspecified atom stereocenters. The summed E-state index contributed by atoms with van der Waals surface area (Å²) in [6, 6.07) is 0. The molecule has 0 fully saturated rings. The van der Waals surface area contributed by atoms with Crippen molar-refractivity contribution in [3.05, 3.63) is 48.6 Å². The first-order valence-corrected chi connectivity index (χ1v) is 3.43. The number of hydrogen-bond donors (Lipinski definition) is 0. The van der Waals surface area contributed by atoms with Crippen LogP contribution in [0.25, 0.3) is 0 Å². The SMILES string of the molecule is [Br-].[C-]1=CC=CC1.[C-]1=CC=CC1.[H-].[Zr+2].[Zr+2]. The maximum absolute atomic E-state index is 2.99. The Morgan fingerprint density at radius 1 is 0.846 bits per heavy atom. The topological polar surface area (TPSA) is 0 Å². The molecule has 0 saturated carbocycles. The molecule has 13 heavy (non-hydrogen) atoms. The molecule has 2 rings (SSSR count). The van der Waals surface area contributed by atoms with Crippen molar-refractivity contribution in [3.8, 4) is 0 Å². The van der Waals surface area contributed by atoms with Gasteiger partial charge in [0.15, 0.2) is 0 Å². The molecule has 0 N–H and O–H groups in total. The van der Waals surface area contributed by atoms with E-state index in [9.17, 15) is 0 Å². The summed E-state index contributed by atoms with van der Waals surface area (Å²) in [6.45, 7) is 0. The summed E-state index contributed by atoms with van der Waals surface area (Å²) in [7, 11) is 0. The van der Waals surface area contributed by atoms with Gasteiger partial charge in [-0.1, -0.05) is 0 Å². The van der Waals surface area contributed by atoms with Crippen molar-refractivity contribution in [2.45, 2.75) is 12.8 Å².